The van der Waals surface area contributed by atoms with Crippen LogP contribution in [0, 0.1) is 0 Å². The van der Waals surface area contributed by atoms with E-state index >= 15 is 0 Å². The van der Waals surface area contributed by atoms with Gasteiger partial charge in [-0.1, -0.05) is 0 Å². The topological polar surface area (TPSA) is 13.1 Å². The van der Waals surface area contributed by atoms with E-state index in [1.807, 2.05) is 0 Å². The van der Waals surface area contributed by atoms with E-state index < -0.39 is 0 Å². The van der Waals surface area contributed by atoms with Crippen LogP contribution in [0.5, 0.6) is 0 Å². The quantitative estimate of drug-likeness (QED) is 0.609. The van der Waals surface area contributed by atoms with Crippen LogP contribution in [0.25, 0.3) is 0 Å². The first-order valence-electron chi connectivity index (χ1n) is 7.59. The monoisotopic (exact) mass is 355 g/mol. The average molecular weight is 354 g/mol. The molecule has 1 aromatic heterocycles. The van der Waals surface area contributed by atoms with Crippen molar-refractivity contribution in [1.29, 1.82) is 0 Å². The first-order chi connectivity index (χ1) is 8.74. The second-order valence-electron chi connectivity index (χ2n) is 5.12. The van der Waals surface area contributed by atoms with Gasteiger partial charge in [0.25, 0.3) is 0 Å². The number of rotatable bonds is 9. The third-order valence-corrected chi connectivity index (χ3v) is 4.67. The van der Waals surface area contributed by atoms with Gasteiger partial charge in [-0.25, -0.2) is 0 Å². The number of unbranched alkanes of at least 4 members (excludes halogenated alkanes) is 3. The van der Waals surface area contributed by atoms with E-state index in [9.17, 15) is 0 Å². The summed E-state index contributed by atoms with van der Waals surface area (Å²) in [6.07, 6.45) is 11.3. The molecule has 0 aromatic carbocycles. The van der Waals surface area contributed by atoms with Crippen LogP contribution in [-0.2, 0) is 19.3 Å². The van der Waals surface area contributed by atoms with Gasteiger partial charge in [0.1, 0.15) is 0 Å². The third kappa shape index (κ3) is 4.64. The Kier molecular flexibility index (Phi) is 8.12. The van der Waals surface area contributed by atoms with Gasteiger partial charge in [0, 0.05) is 0 Å². The van der Waals surface area contributed by atoms with Crippen molar-refractivity contribution in [3.8, 4) is 0 Å². The fraction of sp³-hybridized carbons (Fsp3) is 0.750. The summed E-state index contributed by atoms with van der Waals surface area (Å²) in [4.78, 5) is 0. The van der Waals surface area contributed by atoms with Gasteiger partial charge in [0.15, 0.2) is 0 Å². The fourth-order valence-corrected chi connectivity index (χ4v) is 3.49. The van der Waals surface area contributed by atoms with Crippen LogP contribution >= 0.6 is 0 Å². The third-order valence-electron chi connectivity index (χ3n) is 3.52. The van der Waals surface area contributed by atoms with E-state index in [0.717, 1.165) is 6.42 Å². The maximum absolute atomic E-state index is 6.08. The molecule has 0 aliphatic heterocycles. The number of aryl methyl sites for hydroxylation is 1. The van der Waals surface area contributed by atoms with Gasteiger partial charge in [-0.05, 0) is 0 Å². The number of hydrogen-bond donors (Lipinski definition) is 0. The van der Waals surface area contributed by atoms with Gasteiger partial charge in [-0.2, -0.15) is 0 Å². The fourth-order valence-electron chi connectivity index (χ4n) is 2.35. The van der Waals surface area contributed by atoms with Gasteiger partial charge in [0.2, 0.25) is 0 Å². The van der Waals surface area contributed by atoms with Gasteiger partial charge >= 0.3 is 126 Å². The van der Waals surface area contributed by atoms with Crippen LogP contribution < -0.4 is 3.78 Å². The van der Waals surface area contributed by atoms with E-state index in [0.29, 0.717) is 0 Å². The summed E-state index contributed by atoms with van der Waals surface area (Å²) in [5.74, 6) is 1.31. The number of furan rings is 1. The summed E-state index contributed by atoms with van der Waals surface area (Å²) in [6, 6.07) is 0. The summed E-state index contributed by atoms with van der Waals surface area (Å²) in [5, 5.41) is 0. The van der Waals surface area contributed by atoms with Crippen molar-refractivity contribution in [2.45, 2.75) is 78.6 Å². The standard InChI is InChI=1S/C16H27O.Sn/c1-4-7-10-14-13-17-16(12-9-6-3)15(14)11-8-5-2;/h4-12H2,1-3H3;. The van der Waals surface area contributed by atoms with E-state index in [1.165, 1.54) is 83.4 Å². The van der Waals surface area contributed by atoms with Crippen LogP contribution in [0.4, 0.5) is 0 Å². The van der Waals surface area contributed by atoms with Gasteiger partial charge in [-0.15, -0.1) is 0 Å². The summed E-state index contributed by atoms with van der Waals surface area (Å²) >= 11 is 1.44. The molecule has 0 aliphatic rings. The molecule has 101 valence electrons. The molecule has 0 bridgehead atoms. The second-order valence-corrected chi connectivity index (χ2v) is 6.42. The summed E-state index contributed by atoms with van der Waals surface area (Å²) < 4.78 is 7.35. The molecule has 0 amide bonds. The molecule has 0 fully saturated rings. The normalized spacial score (nSPS) is 11.1. The van der Waals surface area contributed by atoms with Gasteiger partial charge in [-0.3, -0.25) is 0 Å². The van der Waals surface area contributed by atoms with E-state index in [1.54, 1.807) is 11.1 Å². The Morgan fingerprint density at radius 1 is 0.778 bits per heavy atom. The minimum absolute atomic E-state index is 1.14. The molecule has 3 radical (unpaired) electrons. The summed E-state index contributed by atoms with van der Waals surface area (Å²) in [5.41, 5.74) is 3.14. The predicted molar refractivity (Wildman–Crippen MR) is 79.9 cm³/mol. The van der Waals surface area contributed by atoms with Crippen molar-refractivity contribution in [3.63, 3.8) is 0 Å². The Balaban J connectivity index is 2.86. The van der Waals surface area contributed by atoms with Crippen LogP contribution in [0.3, 0.4) is 0 Å². The Labute approximate surface area is 126 Å². The molecule has 1 nitrogen and oxygen atoms in total. The molecule has 0 atom stereocenters. The molecule has 18 heavy (non-hydrogen) atoms. The van der Waals surface area contributed by atoms with Crippen LogP contribution in [0.1, 0.15) is 76.2 Å². The molecule has 0 aliphatic carbocycles. The van der Waals surface area contributed by atoms with Crippen LogP contribution in [0.2, 0.25) is 0 Å². The minimum atomic E-state index is 1.14. The van der Waals surface area contributed by atoms with Crippen molar-refractivity contribution >= 4 is 26.3 Å². The van der Waals surface area contributed by atoms with Gasteiger partial charge in [0.05, 0.1) is 0 Å². The van der Waals surface area contributed by atoms with Crippen molar-refractivity contribution in [2.75, 3.05) is 0 Å². The zero-order valence-corrected chi connectivity index (χ0v) is 15.1. The second kappa shape index (κ2) is 9.06. The molecule has 1 rings (SSSR count). The molecule has 0 unspecified atom stereocenters. The zero-order valence-electron chi connectivity index (χ0n) is 12.3. The SMILES string of the molecule is CCCCc1o[c]([Sn])c(CCCC)c1CCCC. The molecular weight excluding hydrogens is 327 g/mol. The van der Waals surface area contributed by atoms with Crippen molar-refractivity contribution in [2.24, 2.45) is 0 Å². The summed E-state index contributed by atoms with van der Waals surface area (Å²) in [7, 11) is 0. The Bertz CT molecular complexity index is 341. The Hall–Kier alpha value is 0.0787. The van der Waals surface area contributed by atoms with Crippen molar-refractivity contribution < 1.29 is 4.42 Å². The molecule has 0 spiro atoms. The number of hydrogen-bond acceptors (Lipinski definition) is 1. The predicted octanol–water partition coefficient (Wildman–Crippen LogP) is 4.10. The van der Waals surface area contributed by atoms with E-state index in [4.69, 9.17) is 4.42 Å². The Morgan fingerprint density at radius 2 is 1.28 bits per heavy atom. The Morgan fingerprint density at radius 3 is 1.83 bits per heavy atom. The molecule has 1 aromatic rings. The van der Waals surface area contributed by atoms with Gasteiger partial charge < -0.3 is 0 Å². The van der Waals surface area contributed by atoms with Crippen LogP contribution in [0.15, 0.2) is 4.42 Å². The molecule has 0 saturated heterocycles. The van der Waals surface area contributed by atoms with Crippen molar-refractivity contribution in [1.82, 2.24) is 0 Å². The zero-order chi connectivity index (χ0) is 13.4. The van der Waals surface area contributed by atoms with Crippen molar-refractivity contribution in [3.05, 3.63) is 16.9 Å². The molecular formula is C16H27OSn. The first kappa shape index (κ1) is 16.1. The molecule has 2 heteroatoms. The molecule has 0 N–H and O–H groups in total. The molecule has 0 saturated carbocycles. The average Bonchev–Trinajstić information content (AvgIpc) is 2.67. The van der Waals surface area contributed by atoms with Crippen LogP contribution in [-0.4, -0.2) is 22.5 Å². The van der Waals surface area contributed by atoms with E-state index in [2.05, 4.69) is 20.8 Å². The summed E-state index contributed by atoms with van der Waals surface area (Å²) in [6.45, 7) is 6.80. The molecule has 1 heterocycles. The van der Waals surface area contributed by atoms with E-state index in [-0.39, 0.29) is 0 Å². The first-order valence-corrected chi connectivity index (χ1v) is 9.02. The maximum atomic E-state index is 6.08.